The standard InChI is InChI=1S/C15H25N5O2.HI/c1-5-16-15(17-8-12-6-7-18-19(12)3)20-9-11(2)13(10-20)14(21)22-4;/h6-7,11,13H,5,8-10H2,1-4H3,(H,16,17);1H. The highest BCUT2D eigenvalue weighted by molar-refractivity contribution is 14.0. The van der Waals surface area contributed by atoms with Crippen LogP contribution in [0.4, 0.5) is 0 Å². The van der Waals surface area contributed by atoms with Gasteiger partial charge in [-0.2, -0.15) is 5.10 Å². The average molecular weight is 435 g/mol. The summed E-state index contributed by atoms with van der Waals surface area (Å²) < 4.78 is 6.71. The molecular weight excluding hydrogens is 409 g/mol. The lowest BCUT2D eigenvalue weighted by atomic mass is 9.99. The van der Waals surface area contributed by atoms with E-state index in [1.807, 2.05) is 24.7 Å². The first-order valence-electron chi connectivity index (χ1n) is 7.64. The van der Waals surface area contributed by atoms with Gasteiger partial charge in [0.05, 0.1) is 25.3 Å². The maximum Gasteiger partial charge on any atom is 0.310 e. The number of ether oxygens (including phenoxy) is 1. The lowest BCUT2D eigenvalue weighted by Gasteiger charge is -2.21. The fourth-order valence-electron chi connectivity index (χ4n) is 2.74. The number of esters is 1. The van der Waals surface area contributed by atoms with Gasteiger partial charge in [0, 0.05) is 32.9 Å². The zero-order valence-electron chi connectivity index (χ0n) is 14.2. The van der Waals surface area contributed by atoms with Gasteiger partial charge in [0.25, 0.3) is 0 Å². The second-order valence-corrected chi connectivity index (χ2v) is 5.63. The van der Waals surface area contributed by atoms with Crippen molar-refractivity contribution >= 4 is 35.9 Å². The van der Waals surface area contributed by atoms with Crippen LogP contribution in [0.1, 0.15) is 19.5 Å². The molecule has 23 heavy (non-hydrogen) atoms. The van der Waals surface area contributed by atoms with Crippen molar-refractivity contribution in [3.8, 4) is 0 Å². The molecular formula is C15H26IN5O2. The first kappa shape index (κ1) is 19.7. The number of aliphatic imine (C=N–C) groups is 1. The number of hydrogen-bond donors (Lipinski definition) is 1. The summed E-state index contributed by atoms with van der Waals surface area (Å²) in [4.78, 5) is 18.6. The highest BCUT2D eigenvalue weighted by Gasteiger charge is 2.36. The number of halogens is 1. The Morgan fingerprint density at radius 3 is 2.83 bits per heavy atom. The van der Waals surface area contributed by atoms with Crippen LogP contribution >= 0.6 is 24.0 Å². The van der Waals surface area contributed by atoms with E-state index in [0.29, 0.717) is 13.1 Å². The van der Waals surface area contributed by atoms with Crippen molar-refractivity contribution in [3.63, 3.8) is 0 Å². The molecule has 0 amide bonds. The Morgan fingerprint density at radius 2 is 2.26 bits per heavy atom. The van der Waals surface area contributed by atoms with Gasteiger partial charge < -0.3 is 15.0 Å². The van der Waals surface area contributed by atoms with Crippen LogP contribution in [0, 0.1) is 11.8 Å². The molecule has 1 fully saturated rings. The Labute approximate surface area is 154 Å². The number of rotatable bonds is 4. The van der Waals surface area contributed by atoms with E-state index in [-0.39, 0.29) is 41.8 Å². The average Bonchev–Trinajstić information content (AvgIpc) is 3.09. The molecule has 1 N–H and O–H groups in total. The second-order valence-electron chi connectivity index (χ2n) is 5.63. The van der Waals surface area contributed by atoms with Crippen molar-refractivity contribution in [3.05, 3.63) is 18.0 Å². The molecule has 1 aliphatic rings. The molecule has 2 heterocycles. The molecule has 130 valence electrons. The van der Waals surface area contributed by atoms with Crippen molar-refractivity contribution in [2.75, 3.05) is 26.7 Å². The highest BCUT2D eigenvalue weighted by Crippen LogP contribution is 2.24. The van der Waals surface area contributed by atoms with E-state index in [4.69, 9.17) is 4.74 Å². The molecule has 0 saturated carbocycles. The topological polar surface area (TPSA) is 71.8 Å². The van der Waals surface area contributed by atoms with Crippen LogP contribution in [-0.2, 0) is 23.1 Å². The van der Waals surface area contributed by atoms with Crippen molar-refractivity contribution in [1.29, 1.82) is 0 Å². The Hall–Kier alpha value is -1.32. The molecule has 2 atom stereocenters. The summed E-state index contributed by atoms with van der Waals surface area (Å²) in [6.07, 6.45) is 1.77. The Bertz CT molecular complexity index is 546. The number of methoxy groups -OCH3 is 1. The third-order valence-electron chi connectivity index (χ3n) is 4.06. The molecule has 2 rings (SSSR count). The fourth-order valence-corrected chi connectivity index (χ4v) is 2.74. The summed E-state index contributed by atoms with van der Waals surface area (Å²) in [5.41, 5.74) is 1.05. The first-order chi connectivity index (χ1) is 10.6. The van der Waals surface area contributed by atoms with Gasteiger partial charge >= 0.3 is 5.97 Å². The van der Waals surface area contributed by atoms with Gasteiger partial charge in [0.15, 0.2) is 5.96 Å². The van der Waals surface area contributed by atoms with Crippen molar-refractivity contribution in [1.82, 2.24) is 20.0 Å². The number of aryl methyl sites for hydroxylation is 1. The van der Waals surface area contributed by atoms with E-state index in [9.17, 15) is 4.79 Å². The highest BCUT2D eigenvalue weighted by atomic mass is 127. The molecule has 1 aliphatic heterocycles. The molecule has 8 heteroatoms. The number of hydrogen-bond acceptors (Lipinski definition) is 4. The van der Waals surface area contributed by atoms with Crippen LogP contribution in [0.2, 0.25) is 0 Å². The van der Waals surface area contributed by atoms with Crippen molar-refractivity contribution in [2.45, 2.75) is 20.4 Å². The van der Waals surface area contributed by atoms with E-state index >= 15 is 0 Å². The minimum absolute atomic E-state index is 0. The fraction of sp³-hybridized carbons (Fsp3) is 0.667. The molecule has 2 unspecified atom stereocenters. The van der Waals surface area contributed by atoms with Crippen LogP contribution in [0.5, 0.6) is 0 Å². The number of likely N-dealkylation sites (tertiary alicyclic amines) is 1. The van der Waals surface area contributed by atoms with E-state index in [1.165, 1.54) is 7.11 Å². The summed E-state index contributed by atoms with van der Waals surface area (Å²) in [5, 5.41) is 7.45. The Morgan fingerprint density at radius 1 is 1.52 bits per heavy atom. The van der Waals surface area contributed by atoms with Gasteiger partial charge in [-0.15, -0.1) is 24.0 Å². The number of aromatic nitrogens is 2. The summed E-state index contributed by atoms with van der Waals surface area (Å²) >= 11 is 0. The number of guanidine groups is 1. The Balaban J connectivity index is 0.00000264. The molecule has 1 aromatic rings. The predicted molar refractivity (Wildman–Crippen MR) is 99.7 cm³/mol. The third-order valence-corrected chi connectivity index (χ3v) is 4.06. The normalized spacial score (nSPS) is 21.0. The van der Waals surface area contributed by atoms with E-state index in [0.717, 1.165) is 24.7 Å². The molecule has 1 saturated heterocycles. The number of carbonyl (C=O) groups is 1. The molecule has 0 radical (unpaired) electrons. The van der Waals surface area contributed by atoms with Gasteiger partial charge in [-0.1, -0.05) is 6.92 Å². The van der Waals surface area contributed by atoms with Crippen LogP contribution in [0.25, 0.3) is 0 Å². The zero-order chi connectivity index (χ0) is 16.1. The molecule has 0 aromatic carbocycles. The summed E-state index contributed by atoms with van der Waals surface area (Å²) in [6, 6.07) is 1.96. The lowest BCUT2D eigenvalue weighted by molar-refractivity contribution is -0.145. The zero-order valence-corrected chi connectivity index (χ0v) is 16.5. The number of nitrogens with zero attached hydrogens (tertiary/aromatic N) is 4. The SMILES string of the molecule is CCNC(=NCc1ccnn1C)N1CC(C)C(C(=O)OC)C1.I. The Kier molecular flexibility index (Phi) is 7.80. The van der Waals surface area contributed by atoms with Gasteiger partial charge in [0.2, 0.25) is 0 Å². The smallest absolute Gasteiger partial charge is 0.310 e. The first-order valence-corrected chi connectivity index (χ1v) is 7.64. The monoisotopic (exact) mass is 435 g/mol. The van der Waals surface area contributed by atoms with E-state index in [2.05, 4.69) is 27.2 Å². The quantitative estimate of drug-likeness (QED) is 0.334. The van der Waals surface area contributed by atoms with Crippen molar-refractivity contribution in [2.24, 2.45) is 23.9 Å². The minimum Gasteiger partial charge on any atom is -0.469 e. The minimum atomic E-state index is -0.141. The van der Waals surface area contributed by atoms with Gasteiger partial charge in [-0.25, -0.2) is 4.99 Å². The summed E-state index contributed by atoms with van der Waals surface area (Å²) in [7, 11) is 3.35. The van der Waals surface area contributed by atoms with Crippen LogP contribution in [0.3, 0.4) is 0 Å². The van der Waals surface area contributed by atoms with Gasteiger partial charge in [-0.05, 0) is 18.9 Å². The maximum atomic E-state index is 11.8. The summed E-state index contributed by atoms with van der Waals surface area (Å²) in [5.74, 6) is 0.859. The number of nitrogens with one attached hydrogen (secondary N) is 1. The summed E-state index contributed by atoms with van der Waals surface area (Å²) in [6.45, 7) is 6.91. The van der Waals surface area contributed by atoms with Crippen LogP contribution < -0.4 is 5.32 Å². The maximum absolute atomic E-state index is 11.8. The molecule has 1 aromatic heterocycles. The lowest BCUT2D eigenvalue weighted by Crippen LogP contribution is -2.40. The van der Waals surface area contributed by atoms with E-state index < -0.39 is 0 Å². The van der Waals surface area contributed by atoms with E-state index in [1.54, 1.807) is 6.20 Å². The third kappa shape index (κ3) is 4.82. The largest absolute Gasteiger partial charge is 0.469 e. The molecule has 0 bridgehead atoms. The van der Waals surface area contributed by atoms with Gasteiger partial charge in [-0.3, -0.25) is 9.48 Å². The van der Waals surface area contributed by atoms with Crippen LogP contribution in [0.15, 0.2) is 17.3 Å². The van der Waals surface area contributed by atoms with Gasteiger partial charge in [0.1, 0.15) is 0 Å². The number of carbonyl (C=O) groups excluding carboxylic acids is 1. The molecule has 7 nitrogen and oxygen atoms in total. The second kappa shape index (κ2) is 9.09. The predicted octanol–water partition coefficient (Wildman–Crippen LogP) is 1.24. The molecule has 0 aliphatic carbocycles. The molecule has 0 spiro atoms. The van der Waals surface area contributed by atoms with Crippen LogP contribution in [-0.4, -0.2) is 53.4 Å². The van der Waals surface area contributed by atoms with Crippen molar-refractivity contribution < 1.29 is 9.53 Å².